The molecule has 1 aliphatic heterocycles. The van der Waals surface area contributed by atoms with Crippen molar-refractivity contribution in [3.63, 3.8) is 0 Å². The lowest BCUT2D eigenvalue weighted by molar-refractivity contribution is 0.482. The predicted molar refractivity (Wildman–Crippen MR) is 104 cm³/mol. The second-order valence-electron chi connectivity index (χ2n) is 6.35. The molecule has 0 saturated carbocycles. The van der Waals surface area contributed by atoms with Gasteiger partial charge in [-0.15, -0.1) is 0 Å². The van der Waals surface area contributed by atoms with Crippen molar-refractivity contribution in [2.75, 3.05) is 18.0 Å². The van der Waals surface area contributed by atoms with Crippen LogP contribution in [-0.4, -0.2) is 27.4 Å². The molecule has 0 atom stereocenters. The van der Waals surface area contributed by atoms with Crippen molar-refractivity contribution >= 4 is 17.6 Å². The molecule has 1 aliphatic rings. The number of nitrogens with one attached hydrogen (secondary N) is 1. The Hall–Kier alpha value is -2.24. The molecule has 1 N–H and O–H groups in total. The summed E-state index contributed by atoms with van der Waals surface area (Å²) in [7, 11) is 0. The van der Waals surface area contributed by atoms with Gasteiger partial charge in [0.2, 0.25) is 0 Å². The van der Waals surface area contributed by atoms with Crippen LogP contribution in [0.1, 0.15) is 16.8 Å². The van der Waals surface area contributed by atoms with Gasteiger partial charge in [-0.2, -0.15) is 0 Å². The molecule has 2 aromatic carbocycles. The Balaban J connectivity index is 1.57. The van der Waals surface area contributed by atoms with Gasteiger partial charge in [0.1, 0.15) is 0 Å². The molecule has 4 nitrogen and oxygen atoms in total. The topological polar surface area (TPSA) is 35.2 Å². The van der Waals surface area contributed by atoms with Gasteiger partial charge in [0, 0.05) is 36.4 Å². The highest BCUT2D eigenvalue weighted by atomic mass is 32.2. The highest BCUT2D eigenvalue weighted by Gasteiger charge is 2.21. The lowest BCUT2D eigenvalue weighted by atomic mass is 10.1. The number of anilines is 1. The summed E-state index contributed by atoms with van der Waals surface area (Å²) in [6.07, 6.45) is 3.66. The minimum absolute atomic E-state index is 0.861. The molecule has 4 rings (SSSR count). The molecule has 0 fully saturated rings. The number of fused-ring (bicyclic) bond motifs is 1. The quantitative estimate of drug-likeness (QED) is 0.714. The van der Waals surface area contributed by atoms with Crippen LogP contribution in [0.2, 0.25) is 0 Å². The molecule has 0 radical (unpaired) electrons. The second kappa shape index (κ2) is 7.33. The average molecular weight is 350 g/mol. The Morgan fingerprint density at radius 1 is 1.08 bits per heavy atom. The first-order chi connectivity index (χ1) is 12.3. The van der Waals surface area contributed by atoms with Crippen molar-refractivity contribution in [3.05, 3.63) is 77.9 Å². The van der Waals surface area contributed by atoms with E-state index in [0.29, 0.717) is 0 Å². The van der Waals surface area contributed by atoms with Crippen LogP contribution in [0.25, 0.3) is 0 Å². The maximum absolute atomic E-state index is 4.15. The van der Waals surface area contributed by atoms with Gasteiger partial charge < -0.3 is 9.88 Å². The first-order valence-electron chi connectivity index (χ1n) is 8.58. The van der Waals surface area contributed by atoms with Gasteiger partial charge in [0.05, 0.1) is 18.6 Å². The number of aryl methyl sites for hydroxylation is 1. The van der Waals surface area contributed by atoms with E-state index >= 15 is 0 Å². The molecule has 0 aliphatic carbocycles. The van der Waals surface area contributed by atoms with E-state index in [-0.39, 0.29) is 0 Å². The van der Waals surface area contributed by atoms with Gasteiger partial charge >= 0.3 is 0 Å². The normalized spacial score (nSPS) is 15.0. The first-order valence-corrected chi connectivity index (χ1v) is 9.35. The molecule has 1 aromatic heterocycles. The summed E-state index contributed by atoms with van der Waals surface area (Å²) < 4.78 is 2.47. The SMILES string of the molecule is Cc1ccccc1SN1CCN(Cc2cnc[nH]2)c2ccccc2C1. The van der Waals surface area contributed by atoms with Crippen LogP contribution in [-0.2, 0) is 13.1 Å². The van der Waals surface area contributed by atoms with Crippen LogP contribution < -0.4 is 4.90 Å². The third-order valence-electron chi connectivity index (χ3n) is 4.54. The van der Waals surface area contributed by atoms with Gasteiger partial charge in [-0.05, 0) is 42.1 Å². The Morgan fingerprint density at radius 2 is 1.92 bits per heavy atom. The highest BCUT2D eigenvalue weighted by molar-refractivity contribution is 7.97. The summed E-state index contributed by atoms with van der Waals surface area (Å²) >= 11 is 1.86. The number of nitrogens with zero attached hydrogens (tertiary/aromatic N) is 3. The molecule has 3 aromatic rings. The molecule has 128 valence electrons. The molecule has 0 amide bonds. The molecule has 0 spiro atoms. The maximum Gasteiger partial charge on any atom is 0.0922 e. The summed E-state index contributed by atoms with van der Waals surface area (Å²) in [6.45, 7) is 6.00. The van der Waals surface area contributed by atoms with Gasteiger partial charge in [0.15, 0.2) is 0 Å². The van der Waals surface area contributed by atoms with Crippen LogP contribution in [0, 0.1) is 6.92 Å². The van der Waals surface area contributed by atoms with E-state index in [4.69, 9.17) is 0 Å². The fourth-order valence-electron chi connectivity index (χ4n) is 3.19. The summed E-state index contributed by atoms with van der Waals surface area (Å²) in [4.78, 5) is 11.2. The summed E-state index contributed by atoms with van der Waals surface area (Å²) in [5.41, 5.74) is 5.18. The van der Waals surface area contributed by atoms with Crippen molar-refractivity contribution in [2.45, 2.75) is 24.9 Å². The van der Waals surface area contributed by atoms with E-state index in [1.54, 1.807) is 6.33 Å². The highest BCUT2D eigenvalue weighted by Crippen LogP contribution is 2.32. The van der Waals surface area contributed by atoms with E-state index in [1.165, 1.54) is 21.7 Å². The van der Waals surface area contributed by atoms with E-state index in [0.717, 1.165) is 31.9 Å². The van der Waals surface area contributed by atoms with Crippen LogP contribution in [0.15, 0.2) is 66.0 Å². The average Bonchev–Trinajstić information content (AvgIpc) is 3.07. The maximum atomic E-state index is 4.15. The van der Waals surface area contributed by atoms with Crippen molar-refractivity contribution in [1.82, 2.24) is 14.3 Å². The zero-order chi connectivity index (χ0) is 17.1. The fraction of sp³-hybridized carbons (Fsp3) is 0.250. The Labute approximate surface area is 153 Å². The summed E-state index contributed by atoms with van der Waals surface area (Å²) in [5, 5.41) is 0. The van der Waals surface area contributed by atoms with Crippen molar-refractivity contribution < 1.29 is 0 Å². The predicted octanol–water partition coefficient (Wildman–Crippen LogP) is 4.25. The van der Waals surface area contributed by atoms with Crippen LogP contribution >= 0.6 is 11.9 Å². The summed E-state index contributed by atoms with van der Waals surface area (Å²) in [6, 6.07) is 17.3. The third-order valence-corrected chi connectivity index (χ3v) is 5.76. The Kier molecular flexibility index (Phi) is 4.76. The summed E-state index contributed by atoms with van der Waals surface area (Å²) in [5.74, 6) is 0. The van der Waals surface area contributed by atoms with E-state index in [1.807, 2.05) is 18.1 Å². The number of benzene rings is 2. The standard InChI is InChI=1S/C20H22N4S/c1-16-6-2-5-9-20(16)25-24-11-10-23(14-18-12-21-15-22-18)19-8-4-3-7-17(19)13-24/h2-9,12,15H,10-11,13-14H2,1H3,(H,21,22). The van der Waals surface area contributed by atoms with Crippen LogP contribution in [0.4, 0.5) is 5.69 Å². The zero-order valence-corrected chi connectivity index (χ0v) is 15.2. The van der Waals surface area contributed by atoms with Crippen molar-refractivity contribution in [1.29, 1.82) is 0 Å². The van der Waals surface area contributed by atoms with E-state index < -0.39 is 0 Å². The third kappa shape index (κ3) is 3.72. The number of hydrogen-bond donors (Lipinski definition) is 1. The van der Waals surface area contributed by atoms with Gasteiger partial charge in [-0.3, -0.25) is 0 Å². The molecule has 0 bridgehead atoms. The molecular formula is C20H22N4S. The minimum atomic E-state index is 0.861. The van der Waals surface area contributed by atoms with E-state index in [9.17, 15) is 0 Å². The van der Waals surface area contributed by atoms with Gasteiger partial charge in [0.25, 0.3) is 0 Å². The second-order valence-corrected chi connectivity index (χ2v) is 7.49. The molecule has 0 unspecified atom stereocenters. The fourth-order valence-corrected chi connectivity index (χ4v) is 4.20. The van der Waals surface area contributed by atoms with Gasteiger partial charge in [-0.1, -0.05) is 36.4 Å². The molecule has 0 saturated heterocycles. The van der Waals surface area contributed by atoms with E-state index in [2.05, 4.69) is 74.6 Å². The molecule has 25 heavy (non-hydrogen) atoms. The Bertz CT molecular complexity index is 831. The number of aromatic amines is 1. The lowest BCUT2D eigenvalue weighted by Gasteiger charge is -2.24. The zero-order valence-electron chi connectivity index (χ0n) is 14.4. The number of H-pyrrole nitrogens is 1. The monoisotopic (exact) mass is 350 g/mol. The number of imidazole rings is 1. The number of para-hydroxylation sites is 1. The lowest BCUT2D eigenvalue weighted by Crippen LogP contribution is -2.28. The Morgan fingerprint density at radius 3 is 2.76 bits per heavy atom. The number of aromatic nitrogens is 2. The largest absolute Gasteiger partial charge is 0.364 e. The number of rotatable bonds is 4. The van der Waals surface area contributed by atoms with Gasteiger partial charge in [-0.25, -0.2) is 9.29 Å². The van der Waals surface area contributed by atoms with Crippen LogP contribution in [0.5, 0.6) is 0 Å². The first kappa shape index (κ1) is 16.2. The molecule has 2 heterocycles. The number of hydrogen-bond acceptors (Lipinski definition) is 4. The van der Waals surface area contributed by atoms with Crippen molar-refractivity contribution in [2.24, 2.45) is 0 Å². The molecule has 5 heteroatoms. The smallest absolute Gasteiger partial charge is 0.0922 e. The molecular weight excluding hydrogens is 328 g/mol. The van der Waals surface area contributed by atoms with Crippen molar-refractivity contribution in [3.8, 4) is 0 Å². The van der Waals surface area contributed by atoms with Crippen LogP contribution in [0.3, 0.4) is 0 Å². The minimum Gasteiger partial charge on any atom is -0.364 e.